The minimum absolute atomic E-state index is 0.0465. The summed E-state index contributed by atoms with van der Waals surface area (Å²) < 4.78 is 10.3. The van der Waals surface area contributed by atoms with Gasteiger partial charge in [-0.2, -0.15) is 0 Å². The third-order valence-electron chi connectivity index (χ3n) is 2.91. The molecule has 0 aliphatic carbocycles. The van der Waals surface area contributed by atoms with Crippen molar-refractivity contribution in [1.29, 1.82) is 0 Å². The summed E-state index contributed by atoms with van der Waals surface area (Å²) in [6.45, 7) is 0.430. The van der Waals surface area contributed by atoms with Crippen LogP contribution in [0.3, 0.4) is 0 Å². The van der Waals surface area contributed by atoms with Crippen molar-refractivity contribution in [3.8, 4) is 11.5 Å². The summed E-state index contributed by atoms with van der Waals surface area (Å²) in [5.41, 5.74) is 0.622. The number of rotatable bonds is 7. The van der Waals surface area contributed by atoms with Gasteiger partial charge >= 0.3 is 0 Å². The second-order valence-electron chi connectivity index (χ2n) is 4.54. The maximum Gasteiger partial charge on any atom is 0.236 e. The molecule has 0 aliphatic rings. The number of hydrogen-bond donors (Lipinski definition) is 2. The van der Waals surface area contributed by atoms with E-state index in [0.717, 1.165) is 0 Å². The van der Waals surface area contributed by atoms with Crippen LogP contribution in [0.1, 0.15) is 11.7 Å². The van der Waals surface area contributed by atoms with Gasteiger partial charge in [0, 0.05) is 26.2 Å². The molecule has 6 heteroatoms. The van der Waals surface area contributed by atoms with Crippen molar-refractivity contribution in [3.63, 3.8) is 0 Å². The lowest BCUT2D eigenvalue weighted by atomic mass is 10.1. The number of carbonyl (C=O) groups excluding carboxylic acids is 1. The van der Waals surface area contributed by atoms with Crippen LogP contribution in [-0.2, 0) is 4.79 Å². The van der Waals surface area contributed by atoms with E-state index >= 15 is 0 Å². The zero-order valence-corrected chi connectivity index (χ0v) is 12.3. The minimum Gasteiger partial charge on any atom is -0.497 e. The van der Waals surface area contributed by atoms with Crippen LogP contribution in [0.5, 0.6) is 11.5 Å². The van der Waals surface area contributed by atoms with E-state index < -0.39 is 6.10 Å². The fourth-order valence-electron chi connectivity index (χ4n) is 1.68. The van der Waals surface area contributed by atoms with Gasteiger partial charge in [-0.05, 0) is 18.2 Å². The Morgan fingerprint density at radius 1 is 1.35 bits per heavy atom. The van der Waals surface area contributed by atoms with Crippen molar-refractivity contribution < 1.29 is 19.4 Å². The summed E-state index contributed by atoms with van der Waals surface area (Å²) in [6.07, 6.45) is -0.782. The van der Waals surface area contributed by atoms with Crippen LogP contribution in [0.2, 0.25) is 0 Å². The number of likely N-dealkylation sites (N-methyl/N-ethyl adjacent to an activating group) is 1. The second kappa shape index (κ2) is 7.72. The largest absolute Gasteiger partial charge is 0.497 e. The SMILES string of the molecule is COc1ccc(OC)c(C(O)CNCC(=O)N(C)C)c1. The van der Waals surface area contributed by atoms with Gasteiger partial charge in [-0.1, -0.05) is 0 Å². The van der Waals surface area contributed by atoms with Crippen molar-refractivity contribution in [2.24, 2.45) is 0 Å². The molecule has 1 rings (SSSR count). The Labute approximate surface area is 119 Å². The van der Waals surface area contributed by atoms with Gasteiger partial charge in [0.2, 0.25) is 5.91 Å². The maximum absolute atomic E-state index is 11.4. The summed E-state index contributed by atoms with van der Waals surface area (Å²) in [5.74, 6) is 1.18. The van der Waals surface area contributed by atoms with Crippen molar-refractivity contribution in [2.45, 2.75) is 6.10 Å². The summed E-state index contributed by atoms with van der Waals surface area (Å²) >= 11 is 0. The van der Waals surface area contributed by atoms with Gasteiger partial charge in [0.25, 0.3) is 0 Å². The van der Waals surface area contributed by atoms with Crippen molar-refractivity contribution in [1.82, 2.24) is 10.2 Å². The number of nitrogens with zero attached hydrogens (tertiary/aromatic N) is 1. The van der Waals surface area contributed by atoms with Gasteiger partial charge < -0.3 is 24.8 Å². The van der Waals surface area contributed by atoms with E-state index in [9.17, 15) is 9.90 Å². The van der Waals surface area contributed by atoms with Crippen molar-refractivity contribution in [3.05, 3.63) is 23.8 Å². The molecule has 0 fully saturated rings. The number of aliphatic hydroxyl groups excluding tert-OH is 1. The molecule has 1 aromatic carbocycles. The van der Waals surface area contributed by atoms with E-state index in [-0.39, 0.29) is 19.0 Å². The number of carbonyl (C=O) groups is 1. The van der Waals surface area contributed by atoms with Gasteiger partial charge in [-0.25, -0.2) is 0 Å². The molecule has 0 heterocycles. The minimum atomic E-state index is -0.782. The van der Waals surface area contributed by atoms with Gasteiger partial charge in [-0.15, -0.1) is 0 Å². The Balaban J connectivity index is 2.66. The van der Waals surface area contributed by atoms with Gasteiger partial charge in [0.05, 0.1) is 26.9 Å². The quantitative estimate of drug-likeness (QED) is 0.758. The molecule has 1 amide bonds. The number of methoxy groups -OCH3 is 2. The van der Waals surface area contributed by atoms with Crippen LogP contribution in [0, 0.1) is 0 Å². The van der Waals surface area contributed by atoms with Crippen molar-refractivity contribution >= 4 is 5.91 Å². The first-order valence-electron chi connectivity index (χ1n) is 6.30. The fraction of sp³-hybridized carbons (Fsp3) is 0.500. The van der Waals surface area contributed by atoms with Gasteiger partial charge in [-0.3, -0.25) is 4.79 Å². The fourth-order valence-corrected chi connectivity index (χ4v) is 1.68. The zero-order chi connectivity index (χ0) is 15.1. The summed E-state index contributed by atoms with van der Waals surface area (Å²) in [7, 11) is 6.48. The lowest BCUT2D eigenvalue weighted by molar-refractivity contribution is -0.127. The number of nitrogens with one attached hydrogen (secondary N) is 1. The van der Waals surface area contributed by atoms with Crippen LogP contribution >= 0.6 is 0 Å². The molecule has 0 spiro atoms. The van der Waals surface area contributed by atoms with E-state index in [2.05, 4.69) is 5.32 Å². The van der Waals surface area contributed by atoms with E-state index in [0.29, 0.717) is 17.1 Å². The Hall–Kier alpha value is -1.79. The van der Waals surface area contributed by atoms with Gasteiger partial charge in [0.15, 0.2) is 0 Å². The highest BCUT2D eigenvalue weighted by Gasteiger charge is 2.15. The van der Waals surface area contributed by atoms with Gasteiger partial charge in [0.1, 0.15) is 11.5 Å². The zero-order valence-electron chi connectivity index (χ0n) is 12.3. The predicted octanol–water partition coefficient (Wildman–Crippen LogP) is 0.415. The lowest BCUT2D eigenvalue weighted by Crippen LogP contribution is -2.34. The molecule has 112 valence electrons. The van der Waals surface area contributed by atoms with E-state index in [1.165, 1.54) is 4.90 Å². The van der Waals surface area contributed by atoms with Crippen LogP contribution in [0.15, 0.2) is 18.2 Å². The predicted molar refractivity (Wildman–Crippen MR) is 76.1 cm³/mol. The smallest absolute Gasteiger partial charge is 0.236 e. The highest BCUT2D eigenvalue weighted by atomic mass is 16.5. The first-order chi connectivity index (χ1) is 9.49. The lowest BCUT2D eigenvalue weighted by Gasteiger charge is -2.17. The average molecular weight is 282 g/mol. The number of aliphatic hydroxyl groups is 1. The van der Waals surface area contributed by atoms with Crippen LogP contribution in [0.4, 0.5) is 0 Å². The van der Waals surface area contributed by atoms with E-state index in [1.807, 2.05) is 0 Å². The summed E-state index contributed by atoms with van der Waals surface area (Å²) in [5, 5.41) is 13.1. The second-order valence-corrected chi connectivity index (χ2v) is 4.54. The summed E-state index contributed by atoms with van der Waals surface area (Å²) in [4.78, 5) is 12.9. The van der Waals surface area contributed by atoms with E-state index in [4.69, 9.17) is 9.47 Å². The Morgan fingerprint density at radius 3 is 2.60 bits per heavy atom. The van der Waals surface area contributed by atoms with Crippen LogP contribution in [0.25, 0.3) is 0 Å². The molecule has 0 radical (unpaired) electrons. The summed E-state index contributed by atoms with van der Waals surface area (Å²) in [6, 6.07) is 5.22. The molecule has 20 heavy (non-hydrogen) atoms. The molecule has 0 bridgehead atoms. The monoisotopic (exact) mass is 282 g/mol. The molecule has 0 saturated carbocycles. The van der Waals surface area contributed by atoms with Crippen molar-refractivity contribution in [2.75, 3.05) is 41.4 Å². The Kier molecular flexibility index (Phi) is 6.27. The number of amides is 1. The molecule has 1 unspecified atom stereocenters. The Bertz CT molecular complexity index is 449. The molecular weight excluding hydrogens is 260 g/mol. The molecule has 0 saturated heterocycles. The maximum atomic E-state index is 11.4. The molecule has 2 N–H and O–H groups in total. The standard InChI is InChI=1S/C14H22N2O4/c1-16(2)14(18)9-15-8-12(17)11-7-10(19-3)5-6-13(11)20-4/h5-7,12,15,17H,8-9H2,1-4H3. The molecule has 0 aromatic heterocycles. The first-order valence-corrected chi connectivity index (χ1v) is 6.30. The third kappa shape index (κ3) is 4.40. The van der Waals surface area contributed by atoms with Crippen LogP contribution in [-0.4, -0.2) is 57.3 Å². The third-order valence-corrected chi connectivity index (χ3v) is 2.91. The number of hydrogen-bond acceptors (Lipinski definition) is 5. The topological polar surface area (TPSA) is 71.0 Å². The highest BCUT2D eigenvalue weighted by molar-refractivity contribution is 5.77. The molecule has 0 aliphatic heterocycles. The first kappa shape index (κ1) is 16.3. The average Bonchev–Trinajstić information content (AvgIpc) is 2.45. The molecule has 1 atom stereocenters. The Morgan fingerprint density at radius 2 is 2.05 bits per heavy atom. The van der Waals surface area contributed by atoms with Crippen LogP contribution < -0.4 is 14.8 Å². The molecule has 1 aromatic rings. The molecule has 6 nitrogen and oxygen atoms in total. The number of benzene rings is 1. The normalized spacial score (nSPS) is 11.8. The van der Waals surface area contributed by atoms with E-state index in [1.54, 1.807) is 46.5 Å². The highest BCUT2D eigenvalue weighted by Crippen LogP contribution is 2.28. The number of ether oxygens (including phenoxy) is 2. The molecular formula is C14H22N2O4.